The Balaban J connectivity index is 2.33. The van der Waals surface area contributed by atoms with Gasteiger partial charge in [-0.2, -0.15) is 0 Å². The van der Waals surface area contributed by atoms with E-state index in [0.29, 0.717) is 6.42 Å². The Morgan fingerprint density at radius 2 is 2.33 bits per heavy atom. The van der Waals surface area contributed by atoms with Gasteiger partial charge in [-0.15, -0.1) is 0 Å². The van der Waals surface area contributed by atoms with Gasteiger partial charge in [0.25, 0.3) is 5.92 Å². The van der Waals surface area contributed by atoms with E-state index in [1.807, 2.05) is 0 Å². The first kappa shape index (κ1) is 9.42. The summed E-state index contributed by atoms with van der Waals surface area (Å²) in [5.41, 5.74) is 0. The summed E-state index contributed by atoms with van der Waals surface area (Å²) < 4.78 is 29.9. The highest BCUT2D eigenvalue weighted by Crippen LogP contribution is 2.36. The zero-order valence-electron chi connectivity index (χ0n) is 6.98. The highest BCUT2D eigenvalue weighted by molar-refractivity contribution is 5.69. The lowest BCUT2D eigenvalue weighted by Gasteiger charge is -2.11. The molecule has 0 saturated heterocycles. The minimum Gasteiger partial charge on any atom is -0.462 e. The molecule has 2 nitrogen and oxygen atoms in total. The number of rotatable bonds is 2. The van der Waals surface area contributed by atoms with Crippen LogP contribution in [0.3, 0.4) is 0 Å². The largest absolute Gasteiger partial charge is 0.462 e. The molecule has 0 amide bonds. The van der Waals surface area contributed by atoms with Gasteiger partial charge in [0.15, 0.2) is 0 Å². The Hall–Kier alpha value is -0.670. The van der Waals surface area contributed by atoms with Gasteiger partial charge in [0.1, 0.15) is 6.10 Å². The van der Waals surface area contributed by atoms with E-state index < -0.39 is 18.0 Å². The summed E-state index contributed by atoms with van der Waals surface area (Å²) in [6, 6.07) is 0. The van der Waals surface area contributed by atoms with E-state index in [9.17, 15) is 13.6 Å². The van der Waals surface area contributed by atoms with Gasteiger partial charge in [-0.3, -0.25) is 4.79 Å². The molecular weight excluding hydrogens is 166 g/mol. The Labute approximate surface area is 69.9 Å². The topological polar surface area (TPSA) is 26.3 Å². The summed E-state index contributed by atoms with van der Waals surface area (Å²) in [6.45, 7) is 1.65. The fourth-order valence-corrected chi connectivity index (χ4v) is 1.28. The van der Waals surface area contributed by atoms with Gasteiger partial charge in [0.05, 0.1) is 0 Å². The first-order valence-corrected chi connectivity index (χ1v) is 4.11. The van der Waals surface area contributed by atoms with Gasteiger partial charge in [0, 0.05) is 19.3 Å². The smallest absolute Gasteiger partial charge is 0.305 e. The van der Waals surface area contributed by atoms with E-state index in [4.69, 9.17) is 4.74 Å². The summed E-state index contributed by atoms with van der Waals surface area (Å²) in [6.07, 6.45) is -0.485. The summed E-state index contributed by atoms with van der Waals surface area (Å²) >= 11 is 0. The first-order chi connectivity index (χ1) is 5.53. The lowest BCUT2D eigenvalue weighted by molar-refractivity contribution is -0.149. The number of carbonyl (C=O) groups excluding carboxylic acids is 1. The van der Waals surface area contributed by atoms with E-state index in [1.54, 1.807) is 6.92 Å². The number of hydrogen-bond acceptors (Lipinski definition) is 2. The second-order valence-electron chi connectivity index (χ2n) is 3.06. The van der Waals surface area contributed by atoms with Crippen molar-refractivity contribution in [1.82, 2.24) is 0 Å². The molecule has 0 bridgehead atoms. The lowest BCUT2D eigenvalue weighted by atomic mass is 10.3. The zero-order chi connectivity index (χ0) is 9.19. The molecule has 70 valence electrons. The van der Waals surface area contributed by atoms with Gasteiger partial charge in [0.2, 0.25) is 0 Å². The summed E-state index contributed by atoms with van der Waals surface area (Å²) in [5.74, 6) is -3.02. The first-order valence-electron chi connectivity index (χ1n) is 4.11. The van der Waals surface area contributed by atoms with Crippen LogP contribution in [0.5, 0.6) is 0 Å². The Bertz CT molecular complexity index is 180. The summed E-state index contributed by atoms with van der Waals surface area (Å²) in [7, 11) is 0. The van der Waals surface area contributed by atoms with Crippen molar-refractivity contribution in [2.45, 2.75) is 44.6 Å². The molecule has 0 aromatic carbocycles. The number of carbonyl (C=O) groups is 1. The third-order valence-corrected chi connectivity index (χ3v) is 1.95. The normalized spacial score (nSPS) is 27.1. The van der Waals surface area contributed by atoms with Crippen molar-refractivity contribution in [1.29, 1.82) is 0 Å². The number of alkyl halides is 2. The van der Waals surface area contributed by atoms with E-state index in [0.717, 1.165) is 0 Å². The predicted molar refractivity (Wildman–Crippen MR) is 39.0 cm³/mol. The number of halogens is 2. The van der Waals surface area contributed by atoms with Crippen LogP contribution in [0.2, 0.25) is 0 Å². The molecule has 4 heteroatoms. The minimum absolute atomic E-state index is 0.158. The quantitative estimate of drug-likeness (QED) is 0.605. The van der Waals surface area contributed by atoms with Crippen LogP contribution in [0.15, 0.2) is 0 Å². The molecule has 0 radical (unpaired) electrons. The molecule has 1 aliphatic carbocycles. The molecule has 1 atom stereocenters. The van der Waals surface area contributed by atoms with Gasteiger partial charge in [-0.25, -0.2) is 8.78 Å². The predicted octanol–water partition coefficient (Wildman–Crippen LogP) is 2.13. The van der Waals surface area contributed by atoms with Crippen LogP contribution in [-0.2, 0) is 9.53 Å². The molecule has 1 saturated carbocycles. The van der Waals surface area contributed by atoms with Crippen molar-refractivity contribution in [3.05, 3.63) is 0 Å². The second kappa shape index (κ2) is 3.37. The minimum atomic E-state index is -2.63. The maximum atomic E-state index is 12.6. The monoisotopic (exact) mass is 178 g/mol. The summed E-state index contributed by atoms with van der Waals surface area (Å²) in [5, 5.41) is 0. The van der Waals surface area contributed by atoms with Crippen LogP contribution in [-0.4, -0.2) is 18.0 Å². The van der Waals surface area contributed by atoms with E-state index >= 15 is 0 Å². The summed E-state index contributed by atoms with van der Waals surface area (Å²) in [4.78, 5) is 10.7. The fourth-order valence-electron chi connectivity index (χ4n) is 1.28. The molecular formula is C8H12F2O2. The van der Waals surface area contributed by atoms with Crippen LogP contribution >= 0.6 is 0 Å². The van der Waals surface area contributed by atoms with Gasteiger partial charge in [-0.05, 0) is 6.42 Å². The fraction of sp³-hybridized carbons (Fsp3) is 0.875. The van der Waals surface area contributed by atoms with Crippen molar-refractivity contribution in [3.63, 3.8) is 0 Å². The highest BCUT2D eigenvalue weighted by atomic mass is 19.3. The van der Waals surface area contributed by atoms with Crippen molar-refractivity contribution < 1.29 is 18.3 Å². The average Bonchev–Trinajstić information content (AvgIpc) is 2.30. The number of esters is 1. The van der Waals surface area contributed by atoms with Crippen molar-refractivity contribution in [3.8, 4) is 0 Å². The molecule has 1 fully saturated rings. The van der Waals surface area contributed by atoms with Crippen molar-refractivity contribution in [2.24, 2.45) is 0 Å². The third kappa shape index (κ3) is 2.43. The number of ether oxygens (including phenoxy) is 1. The van der Waals surface area contributed by atoms with E-state index in [2.05, 4.69) is 0 Å². The Morgan fingerprint density at radius 1 is 1.67 bits per heavy atom. The van der Waals surface area contributed by atoms with E-state index in [1.165, 1.54) is 0 Å². The average molecular weight is 178 g/mol. The molecule has 0 aromatic heterocycles. The van der Waals surface area contributed by atoms with Gasteiger partial charge >= 0.3 is 5.97 Å². The maximum Gasteiger partial charge on any atom is 0.305 e. The van der Waals surface area contributed by atoms with Crippen LogP contribution in [0.4, 0.5) is 8.78 Å². The Morgan fingerprint density at radius 3 is 2.75 bits per heavy atom. The van der Waals surface area contributed by atoms with Crippen LogP contribution in [0.25, 0.3) is 0 Å². The van der Waals surface area contributed by atoms with Crippen molar-refractivity contribution >= 4 is 5.97 Å². The zero-order valence-corrected chi connectivity index (χ0v) is 6.98. The standard InChI is InChI=1S/C8H12F2O2/c1-2-7(11)12-6-3-4-8(9,10)5-6/h6H,2-5H2,1H3. The number of hydrogen-bond donors (Lipinski definition) is 0. The SMILES string of the molecule is CCC(=O)OC1CCC(F)(F)C1. The molecule has 1 rings (SSSR count). The maximum absolute atomic E-state index is 12.6. The van der Waals surface area contributed by atoms with Gasteiger partial charge < -0.3 is 4.74 Å². The second-order valence-corrected chi connectivity index (χ2v) is 3.06. The molecule has 0 aromatic rings. The van der Waals surface area contributed by atoms with Crippen LogP contribution in [0, 0.1) is 0 Å². The molecule has 0 N–H and O–H groups in total. The molecule has 1 aliphatic rings. The molecule has 1 unspecified atom stereocenters. The third-order valence-electron chi connectivity index (χ3n) is 1.95. The van der Waals surface area contributed by atoms with Crippen LogP contribution < -0.4 is 0 Å². The van der Waals surface area contributed by atoms with E-state index in [-0.39, 0.29) is 19.3 Å². The molecule has 12 heavy (non-hydrogen) atoms. The highest BCUT2D eigenvalue weighted by Gasteiger charge is 2.41. The van der Waals surface area contributed by atoms with Crippen LogP contribution in [0.1, 0.15) is 32.6 Å². The van der Waals surface area contributed by atoms with Crippen molar-refractivity contribution in [2.75, 3.05) is 0 Å². The Kier molecular flexibility index (Phi) is 2.65. The van der Waals surface area contributed by atoms with Gasteiger partial charge in [-0.1, -0.05) is 6.92 Å². The molecule has 0 spiro atoms. The molecule has 0 aliphatic heterocycles. The lowest BCUT2D eigenvalue weighted by Crippen LogP contribution is -2.17. The molecule has 0 heterocycles.